The van der Waals surface area contributed by atoms with Crippen LogP contribution in [0.3, 0.4) is 0 Å². The van der Waals surface area contributed by atoms with Crippen molar-refractivity contribution in [1.29, 1.82) is 0 Å². The van der Waals surface area contributed by atoms with Crippen molar-refractivity contribution in [2.24, 2.45) is 11.3 Å². The molecular formula is C12H21N3O3. The van der Waals surface area contributed by atoms with Gasteiger partial charge in [0.1, 0.15) is 12.6 Å². The highest BCUT2D eigenvalue weighted by Crippen LogP contribution is 2.32. The Hall–Kier alpha value is -1.14. The summed E-state index contributed by atoms with van der Waals surface area (Å²) in [4.78, 5) is 28.4. The summed E-state index contributed by atoms with van der Waals surface area (Å²) in [6.07, 6.45) is 2.13. The first-order valence-corrected chi connectivity index (χ1v) is 6.45. The Kier molecular flexibility index (Phi) is 3.87. The Morgan fingerprint density at radius 1 is 1.50 bits per heavy atom. The van der Waals surface area contributed by atoms with Crippen molar-refractivity contribution in [3.8, 4) is 0 Å². The molecule has 1 unspecified atom stereocenters. The van der Waals surface area contributed by atoms with E-state index in [0.29, 0.717) is 5.92 Å². The third-order valence-corrected chi connectivity index (χ3v) is 3.95. The molecule has 0 bridgehead atoms. The minimum Gasteiger partial charge on any atom is -0.342 e. The molecule has 2 fully saturated rings. The highest BCUT2D eigenvalue weighted by molar-refractivity contribution is 5.90. The number of carbonyl (C=O) groups is 2. The average Bonchev–Trinajstić information content (AvgIpc) is 2.76. The van der Waals surface area contributed by atoms with Gasteiger partial charge < -0.3 is 10.6 Å². The second-order valence-electron chi connectivity index (χ2n) is 5.57. The summed E-state index contributed by atoms with van der Waals surface area (Å²) >= 11 is 0. The van der Waals surface area contributed by atoms with E-state index in [-0.39, 0.29) is 18.4 Å². The lowest BCUT2D eigenvalue weighted by Crippen LogP contribution is -2.52. The van der Waals surface area contributed by atoms with E-state index in [4.69, 9.17) is 4.84 Å². The molecule has 0 radical (unpaired) electrons. The number of amides is 2. The summed E-state index contributed by atoms with van der Waals surface area (Å²) < 4.78 is 0. The molecule has 0 aliphatic carbocycles. The van der Waals surface area contributed by atoms with E-state index in [2.05, 4.69) is 16.1 Å². The Morgan fingerprint density at radius 2 is 2.28 bits per heavy atom. The molecule has 0 spiro atoms. The van der Waals surface area contributed by atoms with E-state index in [9.17, 15) is 9.59 Å². The Morgan fingerprint density at radius 3 is 2.83 bits per heavy atom. The first-order valence-electron chi connectivity index (χ1n) is 6.45. The second-order valence-corrected chi connectivity index (χ2v) is 5.57. The molecule has 102 valence electrons. The van der Waals surface area contributed by atoms with E-state index in [1.807, 2.05) is 13.8 Å². The average molecular weight is 255 g/mol. The lowest BCUT2D eigenvalue weighted by molar-refractivity contribution is -0.135. The molecule has 0 aromatic carbocycles. The van der Waals surface area contributed by atoms with Gasteiger partial charge >= 0.3 is 0 Å². The van der Waals surface area contributed by atoms with E-state index in [1.165, 1.54) is 0 Å². The van der Waals surface area contributed by atoms with Crippen molar-refractivity contribution in [3.63, 3.8) is 0 Å². The minimum absolute atomic E-state index is 0.0816. The molecule has 2 saturated heterocycles. The quantitative estimate of drug-likeness (QED) is 0.638. The lowest BCUT2D eigenvalue weighted by Gasteiger charge is -2.36. The normalized spacial score (nSPS) is 28.9. The van der Waals surface area contributed by atoms with Crippen LogP contribution in [0.15, 0.2) is 0 Å². The molecule has 6 nitrogen and oxygen atoms in total. The number of piperidine rings is 1. The van der Waals surface area contributed by atoms with Crippen molar-refractivity contribution >= 4 is 11.8 Å². The molecule has 0 saturated carbocycles. The fraction of sp³-hybridized carbons (Fsp3) is 0.833. The first-order chi connectivity index (χ1) is 8.51. The predicted octanol–water partition coefficient (Wildman–Crippen LogP) is -0.442. The summed E-state index contributed by atoms with van der Waals surface area (Å²) in [6.45, 7) is 5.95. The zero-order valence-electron chi connectivity index (χ0n) is 10.9. The van der Waals surface area contributed by atoms with Gasteiger partial charge in [0.2, 0.25) is 5.91 Å². The molecule has 6 heteroatoms. The van der Waals surface area contributed by atoms with Crippen LogP contribution < -0.4 is 16.1 Å². The van der Waals surface area contributed by atoms with Gasteiger partial charge in [0.05, 0.1) is 0 Å². The maximum Gasteiger partial charge on any atom is 0.268 e. The molecular weight excluding hydrogens is 234 g/mol. The number of hydrogen-bond donors (Lipinski definition) is 3. The zero-order valence-corrected chi connectivity index (χ0v) is 10.9. The monoisotopic (exact) mass is 255 g/mol. The van der Waals surface area contributed by atoms with Crippen LogP contribution in [-0.2, 0) is 14.4 Å². The van der Waals surface area contributed by atoms with Gasteiger partial charge in [-0.05, 0) is 31.8 Å². The van der Waals surface area contributed by atoms with Crippen LogP contribution in [0.2, 0.25) is 0 Å². The standard InChI is InChI=1S/C12H21N3O3/c1-12(2,8-4-3-5-13-6-8)11(17)14-9-7-18-15-10(9)16/h8-9,13H,3-7H2,1-2H3,(H,14,17)(H,15,16)/t8?,9-/m1/s1. The van der Waals surface area contributed by atoms with Crippen LogP contribution in [0.1, 0.15) is 26.7 Å². The van der Waals surface area contributed by atoms with Crippen molar-refractivity contribution in [3.05, 3.63) is 0 Å². The fourth-order valence-electron chi connectivity index (χ4n) is 2.45. The van der Waals surface area contributed by atoms with Gasteiger partial charge in [-0.15, -0.1) is 0 Å². The summed E-state index contributed by atoms with van der Waals surface area (Å²) in [5, 5.41) is 6.08. The molecule has 2 aliphatic heterocycles. The summed E-state index contributed by atoms with van der Waals surface area (Å²) in [6, 6.07) is -0.562. The van der Waals surface area contributed by atoms with Gasteiger partial charge in [-0.3, -0.25) is 14.4 Å². The van der Waals surface area contributed by atoms with Gasteiger partial charge in [-0.2, -0.15) is 0 Å². The van der Waals surface area contributed by atoms with Crippen molar-refractivity contribution in [2.45, 2.75) is 32.7 Å². The topological polar surface area (TPSA) is 79.5 Å². The van der Waals surface area contributed by atoms with Gasteiger partial charge in [-0.1, -0.05) is 13.8 Å². The van der Waals surface area contributed by atoms with Crippen LogP contribution >= 0.6 is 0 Å². The SMILES string of the molecule is CC(C)(C(=O)N[C@@H]1CONC1=O)C1CCCNC1. The number of hydroxylamine groups is 1. The maximum absolute atomic E-state index is 12.3. The molecule has 2 amide bonds. The van der Waals surface area contributed by atoms with Gasteiger partial charge in [-0.25, -0.2) is 5.48 Å². The van der Waals surface area contributed by atoms with E-state index in [0.717, 1.165) is 25.9 Å². The summed E-state index contributed by atoms with van der Waals surface area (Å²) in [5.41, 5.74) is 1.76. The zero-order chi connectivity index (χ0) is 13.2. The van der Waals surface area contributed by atoms with E-state index < -0.39 is 11.5 Å². The summed E-state index contributed by atoms with van der Waals surface area (Å²) in [5.74, 6) is -0.0561. The van der Waals surface area contributed by atoms with Crippen LogP contribution in [0, 0.1) is 11.3 Å². The third kappa shape index (κ3) is 2.64. The molecule has 2 heterocycles. The number of carbonyl (C=O) groups excluding carboxylic acids is 2. The van der Waals surface area contributed by atoms with Gasteiger partial charge in [0, 0.05) is 5.41 Å². The number of nitrogens with one attached hydrogen (secondary N) is 3. The Bertz CT molecular complexity index is 337. The predicted molar refractivity (Wildman–Crippen MR) is 65.4 cm³/mol. The molecule has 2 rings (SSSR count). The number of rotatable bonds is 3. The largest absolute Gasteiger partial charge is 0.342 e. The fourth-order valence-corrected chi connectivity index (χ4v) is 2.45. The van der Waals surface area contributed by atoms with Gasteiger partial charge in [0.25, 0.3) is 5.91 Å². The Balaban J connectivity index is 1.95. The van der Waals surface area contributed by atoms with Gasteiger partial charge in [0.15, 0.2) is 0 Å². The molecule has 2 atom stereocenters. The third-order valence-electron chi connectivity index (χ3n) is 3.95. The first kappa shape index (κ1) is 13.3. The molecule has 2 aliphatic rings. The van der Waals surface area contributed by atoms with E-state index in [1.54, 1.807) is 0 Å². The smallest absolute Gasteiger partial charge is 0.268 e. The lowest BCUT2D eigenvalue weighted by atomic mass is 9.74. The van der Waals surface area contributed by atoms with Crippen LogP contribution in [0.4, 0.5) is 0 Å². The highest BCUT2D eigenvalue weighted by Gasteiger charge is 2.39. The highest BCUT2D eigenvalue weighted by atomic mass is 16.7. The Labute approximate surface area is 107 Å². The van der Waals surface area contributed by atoms with Crippen molar-refractivity contribution in [1.82, 2.24) is 16.1 Å². The molecule has 0 aromatic rings. The van der Waals surface area contributed by atoms with Crippen LogP contribution in [-0.4, -0.2) is 37.6 Å². The number of hydrogen-bond acceptors (Lipinski definition) is 4. The van der Waals surface area contributed by atoms with Crippen molar-refractivity contribution in [2.75, 3.05) is 19.7 Å². The molecule has 18 heavy (non-hydrogen) atoms. The maximum atomic E-state index is 12.3. The molecule has 3 N–H and O–H groups in total. The molecule has 0 aromatic heterocycles. The van der Waals surface area contributed by atoms with Crippen molar-refractivity contribution < 1.29 is 14.4 Å². The minimum atomic E-state index is -0.562. The van der Waals surface area contributed by atoms with Crippen LogP contribution in [0.25, 0.3) is 0 Å². The second kappa shape index (κ2) is 5.24. The summed E-state index contributed by atoms with van der Waals surface area (Å²) in [7, 11) is 0. The van der Waals surface area contributed by atoms with E-state index >= 15 is 0 Å². The van der Waals surface area contributed by atoms with Crippen LogP contribution in [0.5, 0.6) is 0 Å².